The maximum atomic E-state index is 6.14. The van der Waals surface area contributed by atoms with Gasteiger partial charge in [0.1, 0.15) is 12.2 Å². The standard InChI is InChI=1S/C14H10Cl2O/c15-11-7-3-1-5-9(11)13-14(17-13)10-6-2-4-8-12(10)16/h1-8,13-14H/t13-,14-/m1/s1. The number of halogens is 2. The van der Waals surface area contributed by atoms with Crippen molar-refractivity contribution in [2.75, 3.05) is 0 Å². The van der Waals surface area contributed by atoms with Crippen LogP contribution in [-0.2, 0) is 4.74 Å². The molecule has 0 saturated carbocycles. The highest BCUT2D eigenvalue weighted by molar-refractivity contribution is 6.32. The van der Waals surface area contributed by atoms with E-state index in [9.17, 15) is 0 Å². The zero-order chi connectivity index (χ0) is 11.8. The fraction of sp³-hybridized carbons (Fsp3) is 0.143. The molecule has 86 valence electrons. The monoisotopic (exact) mass is 264 g/mol. The van der Waals surface area contributed by atoms with Gasteiger partial charge in [-0.05, 0) is 12.1 Å². The summed E-state index contributed by atoms with van der Waals surface area (Å²) in [4.78, 5) is 0. The minimum atomic E-state index is 0.0311. The number of rotatable bonds is 2. The first-order valence-corrected chi connectivity index (χ1v) is 6.17. The molecular weight excluding hydrogens is 255 g/mol. The first-order chi connectivity index (χ1) is 8.27. The van der Waals surface area contributed by atoms with Gasteiger partial charge >= 0.3 is 0 Å². The third-order valence-corrected chi connectivity index (χ3v) is 3.60. The minimum absolute atomic E-state index is 0.0311. The molecule has 0 aliphatic carbocycles. The van der Waals surface area contributed by atoms with Crippen molar-refractivity contribution in [3.63, 3.8) is 0 Å². The molecule has 0 unspecified atom stereocenters. The second kappa shape index (κ2) is 4.34. The summed E-state index contributed by atoms with van der Waals surface area (Å²) in [6.07, 6.45) is 0.0622. The van der Waals surface area contributed by atoms with Crippen LogP contribution in [0, 0.1) is 0 Å². The van der Waals surface area contributed by atoms with E-state index in [1.54, 1.807) is 0 Å². The third-order valence-electron chi connectivity index (χ3n) is 2.92. The molecule has 0 bridgehead atoms. The van der Waals surface area contributed by atoms with Crippen LogP contribution in [0.4, 0.5) is 0 Å². The van der Waals surface area contributed by atoms with Crippen molar-refractivity contribution in [2.24, 2.45) is 0 Å². The zero-order valence-electron chi connectivity index (χ0n) is 8.94. The molecule has 1 fully saturated rings. The van der Waals surface area contributed by atoms with Crippen LogP contribution < -0.4 is 0 Å². The second-order valence-corrected chi connectivity index (χ2v) is 4.83. The Balaban J connectivity index is 1.89. The molecule has 1 heterocycles. The van der Waals surface area contributed by atoms with Crippen molar-refractivity contribution in [3.05, 3.63) is 69.7 Å². The van der Waals surface area contributed by atoms with E-state index in [2.05, 4.69) is 0 Å². The molecule has 17 heavy (non-hydrogen) atoms. The molecule has 3 heteroatoms. The Labute approximate surface area is 110 Å². The molecule has 1 nitrogen and oxygen atoms in total. The molecule has 0 aromatic heterocycles. The Morgan fingerprint density at radius 1 is 0.706 bits per heavy atom. The van der Waals surface area contributed by atoms with Crippen LogP contribution >= 0.6 is 23.2 Å². The van der Waals surface area contributed by atoms with Crippen LogP contribution in [0.15, 0.2) is 48.5 Å². The van der Waals surface area contributed by atoms with Crippen LogP contribution in [0.3, 0.4) is 0 Å². The van der Waals surface area contributed by atoms with Gasteiger partial charge in [0.2, 0.25) is 0 Å². The van der Waals surface area contributed by atoms with Gasteiger partial charge in [-0.3, -0.25) is 0 Å². The molecular formula is C14H10Cl2O. The van der Waals surface area contributed by atoms with E-state index in [1.807, 2.05) is 48.5 Å². The van der Waals surface area contributed by atoms with Gasteiger partial charge in [0, 0.05) is 21.2 Å². The summed E-state index contributed by atoms with van der Waals surface area (Å²) < 4.78 is 5.68. The summed E-state index contributed by atoms with van der Waals surface area (Å²) in [5.74, 6) is 0. The van der Waals surface area contributed by atoms with Gasteiger partial charge in [0.05, 0.1) is 0 Å². The highest BCUT2D eigenvalue weighted by Crippen LogP contribution is 2.53. The summed E-state index contributed by atoms with van der Waals surface area (Å²) >= 11 is 12.3. The Hall–Kier alpha value is -1.02. The van der Waals surface area contributed by atoms with E-state index in [1.165, 1.54) is 0 Å². The fourth-order valence-electron chi connectivity index (χ4n) is 2.00. The highest BCUT2D eigenvalue weighted by Gasteiger charge is 2.43. The normalized spacial score (nSPS) is 22.5. The van der Waals surface area contributed by atoms with Gasteiger partial charge in [0.15, 0.2) is 0 Å². The summed E-state index contributed by atoms with van der Waals surface area (Å²) in [6, 6.07) is 15.5. The molecule has 1 aliphatic heterocycles. The van der Waals surface area contributed by atoms with Crippen molar-refractivity contribution < 1.29 is 4.74 Å². The zero-order valence-corrected chi connectivity index (χ0v) is 10.4. The number of hydrogen-bond donors (Lipinski definition) is 0. The summed E-state index contributed by atoms with van der Waals surface area (Å²) in [7, 11) is 0. The summed E-state index contributed by atoms with van der Waals surface area (Å²) in [6.45, 7) is 0. The molecule has 1 aliphatic rings. The largest absolute Gasteiger partial charge is 0.359 e. The van der Waals surface area contributed by atoms with Crippen LogP contribution in [0.5, 0.6) is 0 Å². The van der Waals surface area contributed by atoms with Crippen LogP contribution in [0.2, 0.25) is 10.0 Å². The molecule has 1 saturated heterocycles. The molecule has 0 spiro atoms. The van der Waals surface area contributed by atoms with Crippen LogP contribution in [0.25, 0.3) is 0 Å². The average Bonchev–Trinajstić information content (AvgIpc) is 3.10. The minimum Gasteiger partial charge on any atom is -0.359 e. The topological polar surface area (TPSA) is 12.5 Å². The lowest BCUT2D eigenvalue weighted by Gasteiger charge is -2.01. The Morgan fingerprint density at radius 3 is 1.53 bits per heavy atom. The number of benzene rings is 2. The van der Waals surface area contributed by atoms with Gasteiger partial charge < -0.3 is 4.74 Å². The first-order valence-electron chi connectivity index (χ1n) is 5.41. The maximum absolute atomic E-state index is 6.14. The lowest BCUT2D eigenvalue weighted by molar-refractivity contribution is 0.378. The van der Waals surface area contributed by atoms with Crippen molar-refractivity contribution in [3.8, 4) is 0 Å². The molecule has 2 aromatic carbocycles. The van der Waals surface area contributed by atoms with Crippen molar-refractivity contribution in [2.45, 2.75) is 12.2 Å². The van der Waals surface area contributed by atoms with E-state index in [4.69, 9.17) is 27.9 Å². The number of hydrogen-bond acceptors (Lipinski definition) is 1. The van der Waals surface area contributed by atoms with Crippen molar-refractivity contribution in [1.29, 1.82) is 0 Å². The smallest absolute Gasteiger partial charge is 0.115 e. The fourth-order valence-corrected chi connectivity index (χ4v) is 2.48. The quantitative estimate of drug-likeness (QED) is 0.710. The van der Waals surface area contributed by atoms with E-state index >= 15 is 0 Å². The third kappa shape index (κ3) is 2.06. The van der Waals surface area contributed by atoms with Crippen LogP contribution in [0.1, 0.15) is 23.3 Å². The first kappa shape index (κ1) is 11.1. The predicted molar refractivity (Wildman–Crippen MR) is 69.5 cm³/mol. The van der Waals surface area contributed by atoms with Crippen molar-refractivity contribution >= 4 is 23.2 Å². The maximum Gasteiger partial charge on any atom is 0.115 e. The predicted octanol–water partition coefficient (Wildman–Crippen LogP) is 4.81. The lowest BCUT2D eigenvalue weighted by Crippen LogP contribution is -1.86. The lowest BCUT2D eigenvalue weighted by atomic mass is 10.0. The van der Waals surface area contributed by atoms with Crippen LogP contribution in [-0.4, -0.2) is 0 Å². The van der Waals surface area contributed by atoms with Gasteiger partial charge in [-0.2, -0.15) is 0 Å². The average molecular weight is 265 g/mol. The number of epoxide rings is 1. The van der Waals surface area contributed by atoms with Crippen molar-refractivity contribution in [1.82, 2.24) is 0 Å². The summed E-state index contributed by atoms with van der Waals surface area (Å²) in [5, 5.41) is 1.49. The van der Waals surface area contributed by atoms with Gasteiger partial charge in [-0.15, -0.1) is 0 Å². The molecule has 2 aromatic rings. The Morgan fingerprint density at radius 2 is 1.12 bits per heavy atom. The molecule has 0 radical (unpaired) electrons. The van der Waals surface area contributed by atoms with Gasteiger partial charge in [-0.25, -0.2) is 0 Å². The van der Waals surface area contributed by atoms with E-state index in [0.29, 0.717) is 0 Å². The molecule has 3 rings (SSSR count). The van der Waals surface area contributed by atoms with E-state index in [0.717, 1.165) is 21.2 Å². The number of ether oxygens (including phenoxy) is 1. The van der Waals surface area contributed by atoms with Gasteiger partial charge in [-0.1, -0.05) is 59.6 Å². The Bertz CT molecular complexity index is 504. The van der Waals surface area contributed by atoms with Gasteiger partial charge in [0.25, 0.3) is 0 Å². The van der Waals surface area contributed by atoms with E-state index < -0.39 is 0 Å². The second-order valence-electron chi connectivity index (χ2n) is 4.02. The Kier molecular flexibility index (Phi) is 2.83. The molecule has 0 N–H and O–H groups in total. The molecule has 2 atom stereocenters. The highest BCUT2D eigenvalue weighted by atomic mass is 35.5. The summed E-state index contributed by atoms with van der Waals surface area (Å²) in [5.41, 5.74) is 2.05. The molecule has 0 amide bonds. The van der Waals surface area contributed by atoms with E-state index in [-0.39, 0.29) is 12.2 Å². The SMILES string of the molecule is Clc1ccccc1[C@H]1O[C@@H]1c1ccccc1Cl.